The Morgan fingerprint density at radius 3 is 2.92 bits per heavy atom. The molecule has 13 heavy (non-hydrogen) atoms. The van der Waals surface area contributed by atoms with Crippen LogP contribution in [0.3, 0.4) is 0 Å². The van der Waals surface area contributed by atoms with E-state index >= 15 is 0 Å². The van der Waals surface area contributed by atoms with Crippen molar-refractivity contribution in [2.45, 2.75) is 0 Å². The number of methoxy groups -OCH3 is 1. The second kappa shape index (κ2) is 4.45. The summed E-state index contributed by atoms with van der Waals surface area (Å²) in [4.78, 5) is 0. The Balaban J connectivity index is 2.92. The third-order valence-corrected chi connectivity index (χ3v) is 1.52. The fourth-order valence-corrected chi connectivity index (χ4v) is 0.896. The van der Waals surface area contributed by atoms with Gasteiger partial charge < -0.3 is 10.2 Å². The van der Waals surface area contributed by atoms with Crippen LogP contribution in [0.4, 0.5) is 4.39 Å². The Morgan fingerprint density at radius 1 is 1.54 bits per heavy atom. The molecule has 0 aromatic heterocycles. The SMILES string of the molecule is CN/N=C/c1ccc(F)c(OC)c1. The van der Waals surface area contributed by atoms with Gasteiger partial charge in [0.1, 0.15) is 0 Å². The maximum atomic E-state index is 12.9. The molecule has 70 valence electrons. The molecular weight excluding hydrogens is 171 g/mol. The summed E-state index contributed by atoms with van der Waals surface area (Å²) in [5.41, 5.74) is 3.39. The van der Waals surface area contributed by atoms with Gasteiger partial charge in [-0.2, -0.15) is 5.10 Å². The average Bonchev–Trinajstić information content (AvgIpc) is 2.16. The molecule has 0 spiro atoms. The van der Waals surface area contributed by atoms with Gasteiger partial charge in [0.2, 0.25) is 0 Å². The van der Waals surface area contributed by atoms with Crippen molar-refractivity contribution in [2.24, 2.45) is 5.10 Å². The third-order valence-electron chi connectivity index (χ3n) is 1.52. The Hall–Kier alpha value is -1.58. The Morgan fingerprint density at radius 2 is 2.31 bits per heavy atom. The third kappa shape index (κ3) is 2.43. The van der Waals surface area contributed by atoms with E-state index < -0.39 is 0 Å². The molecule has 0 aliphatic heterocycles. The van der Waals surface area contributed by atoms with Crippen LogP contribution < -0.4 is 10.2 Å². The van der Waals surface area contributed by atoms with Crippen LogP contribution in [-0.2, 0) is 0 Å². The normalized spacial score (nSPS) is 10.4. The highest BCUT2D eigenvalue weighted by molar-refractivity contribution is 5.79. The molecule has 0 atom stereocenters. The van der Waals surface area contributed by atoms with Crippen molar-refractivity contribution in [3.05, 3.63) is 29.6 Å². The molecule has 0 aliphatic rings. The molecule has 4 heteroatoms. The minimum Gasteiger partial charge on any atom is -0.494 e. The second-order valence-electron chi connectivity index (χ2n) is 2.38. The summed E-state index contributed by atoms with van der Waals surface area (Å²) in [6, 6.07) is 4.55. The van der Waals surface area contributed by atoms with E-state index in [2.05, 4.69) is 10.5 Å². The molecule has 0 aliphatic carbocycles. The molecule has 0 saturated carbocycles. The van der Waals surface area contributed by atoms with Crippen molar-refractivity contribution in [1.29, 1.82) is 0 Å². The number of rotatable bonds is 3. The molecule has 0 fully saturated rings. The lowest BCUT2D eigenvalue weighted by atomic mass is 10.2. The molecule has 0 saturated heterocycles. The molecule has 0 unspecified atom stereocenters. The molecule has 0 bridgehead atoms. The largest absolute Gasteiger partial charge is 0.494 e. The summed E-state index contributed by atoms with van der Waals surface area (Å²) in [6.45, 7) is 0. The van der Waals surface area contributed by atoms with Gasteiger partial charge in [0, 0.05) is 7.05 Å². The highest BCUT2D eigenvalue weighted by Crippen LogP contribution is 2.16. The lowest BCUT2D eigenvalue weighted by molar-refractivity contribution is 0.386. The van der Waals surface area contributed by atoms with E-state index in [4.69, 9.17) is 4.74 Å². The van der Waals surface area contributed by atoms with Crippen molar-refractivity contribution in [1.82, 2.24) is 5.43 Å². The maximum Gasteiger partial charge on any atom is 0.165 e. The summed E-state index contributed by atoms with van der Waals surface area (Å²) in [5, 5.41) is 3.79. The number of hydrogen-bond donors (Lipinski definition) is 1. The quantitative estimate of drug-likeness (QED) is 0.566. The van der Waals surface area contributed by atoms with Gasteiger partial charge in [0.15, 0.2) is 11.6 Å². The lowest BCUT2D eigenvalue weighted by Crippen LogP contribution is -1.95. The van der Waals surface area contributed by atoms with Crippen molar-refractivity contribution < 1.29 is 9.13 Å². The first-order valence-corrected chi connectivity index (χ1v) is 3.81. The van der Waals surface area contributed by atoms with Crippen LogP contribution in [0.15, 0.2) is 23.3 Å². The standard InChI is InChI=1S/C9H11FN2O/c1-11-12-6-7-3-4-8(10)9(5-7)13-2/h3-6,11H,1-2H3/b12-6+. The number of hydrogen-bond acceptors (Lipinski definition) is 3. The van der Waals surface area contributed by atoms with E-state index in [1.807, 2.05) is 0 Å². The van der Waals surface area contributed by atoms with E-state index in [9.17, 15) is 4.39 Å². The average molecular weight is 182 g/mol. The Kier molecular flexibility index (Phi) is 3.25. The Bertz CT molecular complexity index is 312. The highest BCUT2D eigenvalue weighted by atomic mass is 19.1. The summed E-state index contributed by atoms with van der Waals surface area (Å²) in [5.74, 6) is -0.149. The Labute approximate surface area is 76.2 Å². The molecule has 1 rings (SSSR count). The number of halogens is 1. The molecule has 0 amide bonds. The van der Waals surface area contributed by atoms with Crippen LogP contribution in [0.5, 0.6) is 5.75 Å². The van der Waals surface area contributed by atoms with Crippen molar-refractivity contribution >= 4 is 6.21 Å². The zero-order chi connectivity index (χ0) is 9.68. The van der Waals surface area contributed by atoms with E-state index in [1.54, 1.807) is 25.4 Å². The maximum absolute atomic E-state index is 12.9. The van der Waals surface area contributed by atoms with E-state index in [0.29, 0.717) is 0 Å². The van der Waals surface area contributed by atoms with Gasteiger partial charge in [0.25, 0.3) is 0 Å². The summed E-state index contributed by atoms with van der Waals surface area (Å²) in [7, 11) is 3.12. The van der Waals surface area contributed by atoms with Crippen molar-refractivity contribution in [3.63, 3.8) is 0 Å². The molecule has 3 nitrogen and oxygen atoms in total. The van der Waals surface area contributed by atoms with Gasteiger partial charge in [-0.15, -0.1) is 0 Å². The van der Waals surface area contributed by atoms with E-state index in [0.717, 1.165) is 5.56 Å². The number of ether oxygens (including phenoxy) is 1. The van der Waals surface area contributed by atoms with Gasteiger partial charge in [-0.05, 0) is 17.7 Å². The zero-order valence-corrected chi connectivity index (χ0v) is 7.54. The van der Waals surface area contributed by atoms with E-state index in [1.165, 1.54) is 13.2 Å². The minimum absolute atomic E-state index is 0.222. The van der Waals surface area contributed by atoms with E-state index in [-0.39, 0.29) is 11.6 Å². The number of nitrogens with one attached hydrogen (secondary N) is 1. The van der Waals surface area contributed by atoms with Crippen LogP contribution in [0.2, 0.25) is 0 Å². The summed E-state index contributed by atoms with van der Waals surface area (Å²) >= 11 is 0. The van der Waals surface area contributed by atoms with Crippen LogP contribution >= 0.6 is 0 Å². The minimum atomic E-state index is -0.371. The molecule has 1 aromatic carbocycles. The predicted molar refractivity (Wildman–Crippen MR) is 49.6 cm³/mol. The van der Waals surface area contributed by atoms with Crippen molar-refractivity contribution in [3.8, 4) is 5.75 Å². The highest BCUT2D eigenvalue weighted by Gasteiger charge is 2.01. The first-order chi connectivity index (χ1) is 6.27. The van der Waals surface area contributed by atoms with Crippen LogP contribution in [0, 0.1) is 5.82 Å². The molecule has 0 heterocycles. The number of hydrazone groups is 1. The summed E-state index contributed by atoms with van der Waals surface area (Å²) < 4.78 is 17.7. The predicted octanol–water partition coefficient (Wildman–Crippen LogP) is 1.39. The van der Waals surface area contributed by atoms with Gasteiger partial charge in [-0.1, -0.05) is 6.07 Å². The zero-order valence-electron chi connectivity index (χ0n) is 7.54. The fraction of sp³-hybridized carbons (Fsp3) is 0.222. The first-order valence-electron chi connectivity index (χ1n) is 3.81. The monoisotopic (exact) mass is 182 g/mol. The van der Waals surface area contributed by atoms with Gasteiger partial charge in [-0.3, -0.25) is 0 Å². The molecular formula is C9H11FN2O. The van der Waals surface area contributed by atoms with Gasteiger partial charge in [0.05, 0.1) is 13.3 Å². The fourth-order valence-electron chi connectivity index (χ4n) is 0.896. The smallest absolute Gasteiger partial charge is 0.165 e. The topological polar surface area (TPSA) is 33.6 Å². The van der Waals surface area contributed by atoms with Gasteiger partial charge >= 0.3 is 0 Å². The number of benzene rings is 1. The lowest BCUT2D eigenvalue weighted by Gasteiger charge is -2.01. The van der Waals surface area contributed by atoms with Crippen molar-refractivity contribution in [2.75, 3.05) is 14.2 Å². The van der Waals surface area contributed by atoms with Crippen LogP contribution in [0.25, 0.3) is 0 Å². The van der Waals surface area contributed by atoms with Crippen LogP contribution in [-0.4, -0.2) is 20.4 Å². The van der Waals surface area contributed by atoms with Gasteiger partial charge in [-0.25, -0.2) is 4.39 Å². The van der Waals surface area contributed by atoms with Crippen LogP contribution in [0.1, 0.15) is 5.56 Å². The molecule has 1 N–H and O–H groups in total. The second-order valence-corrected chi connectivity index (χ2v) is 2.38. The molecule has 0 radical (unpaired) electrons. The molecule has 1 aromatic rings. The summed E-state index contributed by atoms with van der Waals surface area (Å²) in [6.07, 6.45) is 1.59. The number of nitrogens with zero attached hydrogens (tertiary/aromatic N) is 1. The first kappa shape index (κ1) is 9.51.